The Morgan fingerprint density at radius 1 is 1.17 bits per heavy atom. The minimum absolute atomic E-state index is 0.0494. The van der Waals surface area contributed by atoms with Crippen molar-refractivity contribution in [2.75, 3.05) is 13.2 Å². The molecule has 1 fully saturated rings. The fraction of sp³-hybridized carbons (Fsp3) is 0.294. The number of carbonyl (C=O) groups excluding carboxylic acids is 1. The van der Waals surface area contributed by atoms with Crippen LogP contribution in [0.3, 0.4) is 0 Å². The molecule has 0 spiro atoms. The highest BCUT2D eigenvalue weighted by Gasteiger charge is 2.30. The van der Waals surface area contributed by atoms with Gasteiger partial charge in [-0.25, -0.2) is 9.18 Å². The van der Waals surface area contributed by atoms with Gasteiger partial charge in [0.25, 0.3) is 5.91 Å². The first-order valence-corrected chi connectivity index (χ1v) is 7.53. The van der Waals surface area contributed by atoms with Crippen molar-refractivity contribution in [1.29, 1.82) is 0 Å². The number of carboxylic acid groups (broad SMARTS) is 1. The van der Waals surface area contributed by atoms with E-state index in [0.29, 0.717) is 13.2 Å². The van der Waals surface area contributed by atoms with Gasteiger partial charge in [-0.2, -0.15) is 0 Å². The van der Waals surface area contributed by atoms with Gasteiger partial charge in [0, 0.05) is 19.1 Å². The third kappa shape index (κ3) is 3.46. The average molecular weight is 333 g/mol. The van der Waals surface area contributed by atoms with E-state index >= 15 is 0 Å². The number of halogens is 1. The number of carboxylic acids is 1. The first-order chi connectivity index (χ1) is 11.5. The Morgan fingerprint density at radius 3 is 2.54 bits per heavy atom. The van der Waals surface area contributed by atoms with Gasteiger partial charge in [-0.05, 0) is 36.2 Å². The summed E-state index contributed by atoms with van der Waals surface area (Å²) in [7, 11) is 0. The predicted molar refractivity (Wildman–Crippen MR) is 81.2 cm³/mol. The Kier molecular flexibility index (Phi) is 4.61. The van der Waals surface area contributed by atoms with E-state index in [2.05, 4.69) is 5.32 Å². The van der Waals surface area contributed by atoms with E-state index in [0.717, 1.165) is 12.0 Å². The average Bonchev–Trinajstić information content (AvgIpc) is 3.23. The highest BCUT2D eigenvalue weighted by molar-refractivity contribution is 5.93. The second-order valence-corrected chi connectivity index (χ2v) is 5.57. The summed E-state index contributed by atoms with van der Waals surface area (Å²) < 4.78 is 23.7. The molecule has 2 heterocycles. The molecule has 0 radical (unpaired) electrons. The van der Waals surface area contributed by atoms with Crippen molar-refractivity contribution in [2.24, 2.45) is 5.92 Å². The molecule has 0 bridgehead atoms. The molecule has 1 aromatic carbocycles. The van der Waals surface area contributed by atoms with Crippen molar-refractivity contribution in [3.8, 4) is 0 Å². The van der Waals surface area contributed by atoms with Crippen LogP contribution in [0.5, 0.6) is 0 Å². The maximum atomic E-state index is 13.0. The number of amides is 1. The first-order valence-electron chi connectivity index (χ1n) is 7.53. The molecule has 2 atom stereocenters. The molecule has 2 N–H and O–H groups in total. The molecular weight excluding hydrogens is 317 g/mol. The second-order valence-electron chi connectivity index (χ2n) is 5.57. The van der Waals surface area contributed by atoms with Crippen molar-refractivity contribution in [3.05, 3.63) is 59.3 Å². The summed E-state index contributed by atoms with van der Waals surface area (Å²) in [5.41, 5.74) is 0.860. The molecule has 1 saturated heterocycles. The van der Waals surface area contributed by atoms with Gasteiger partial charge in [-0.15, -0.1) is 0 Å². The third-order valence-corrected chi connectivity index (χ3v) is 3.98. The van der Waals surface area contributed by atoms with Crippen molar-refractivity contribution >= 4 is 11.9 Å². The maximum Gasteiger partial charge on any atom is 0.371 e. The van der Waals surface area contributed by atoms with Crippen LogP contribution in [0.4, 0.5) is 4.39 Å². The Hall–Kier alpha value is -2.67. The topological polar surface area (TPSA) is 88.8 Å². The largest absolute Gasteiger partial charge is 0.475 e. The monoisotopic (exact) mass is 333 g/mol. The first kappa shape index (κ1) is 16.2. The number of rotatable bonds is 5. The molecule has 3 rings (SSSR count). The van der Waals surface area contributed by atoms with Crippen molar-refractivity contribution in [3.63, 3.8) is 0 Å². The van der Waals surface area contributed by atoms with Gasteiger partial charge < -0.3 is 19.6 Å². The maximum absolute atomic E-state index is 13.0. The lowest BCUT2D eigenvalue weighted by Gasteiger charge is -2.19. The van der Waals surface area contributed by atoms with Gasteiger partial charge in [0.2, 0.25) is 5.76 Å². The van der Waals surface area contributed by atoms with E-state index in [1.54, 1.807) is 12.1 Å². The molecule has 0 saturated carbocycles. The van der Waals surface area contributed by atoms with Gasteiger partial charge in [0.15, 0.2) is 5.76 Å². The summed E-state index contributed by atoms with van der Waals surface area (Å²) in [5.74, 6) is -2.30. The number of hydrogen-bond acceptors (Lipinski definition) is 4. The van der Waals surface area contributed by atoms with E-state index in [1.807, 2.05) is 0 Å². The number of carbonyl (C=O) groups is 2. The zero-order valence-electron chi connectivity index (χ0n) is 12.7. The van der Waals surface area contributed by atoms with E-state index < -0.39 is 11.9 Å². The van der Waals surface area contributed by atoms with Crippen molar-refractivity contribution in [1.82, 2.24) is 5.32 Å². The van der Waals surface area contributed by atoms with Crippen molar-refractivity contribution in [2.45, 2.75) is 12.5 Å². The highest BCUT2D eigenvalue weighted by Crippen LogP contribution is 2.34. The van der Waals surface area contributed by atoms with Crippen LogP contribution in [0, 0.1) is 11.7 Å². The van der Waals surface area contributed by atoms with E-state index in [1.165, 1.54) is 24.3 Å². The van der Waals surface area contributed by atoms with Gasteiger partial charge in [-0.3, -0.25) is 4.79 Å². The van der Waals surface area contributed by atoms with Gasteiger partial charge in [-0.1, -0.05) is 12.1 Å². The number of ether oxygens (including phenoxy) is 1. The van der Waals surface area contributed by atoms with Crippen LogP contribution >= 0.6 is 0 Å². The molecule has 7 heteroatoms. The smallest absolute Gasteiger partial charge is 0.371 e. The van der Waals surface area contributed by atoms with Crippen LogP contribution in [0.25, 0.3) is 0 Å². The zero-order valence-corrected chi connectivity index (χ0v) is 12.7. The summed E-state index contributed by atoms with van der Waals surface area (Å²) in [6.45, 7) is 0.913. The highest BCUT2D eigenvalue weighted by atomic mass is 19.1. The predicted octanol–water partition coefficient (Wildman–Crippen LogP) is 2.62. The molecule has 6 nitrogen and oxygen atoms in total. The SMILES string of the molecule is O=C(O)c1ccc(C(=O)NC[C@@H]2CCO[C@H]2c2ccc(F)cc2)o1. The summed E-state index contributed by atoms with van der Waals surface area (Å²) in [6, 6.07) is 8.65. The van der Waals surface area contributed by atoms with Crippen LogP contribution in [-0.2, 0) is 4.74 Å². The quantitative estimate of drug-likeness (QED) is 0.878. The molecule has 0 unspecified atom stereocenters. The fourth-order valence-corrected chi connectivity index (χ4v) is 2.75. The summed E-state index contributed by atoms with van der Waals surface area (Å²) in [6.07, 6.45) is 0.554. The number of nitrogens with one attached hydrogen (secondary N) is 1. The lowest BCUT2D eigenvalue weighted by molar-refractivity contribution is 0.0659. The van der Waals surface area contributed by atoms with E-state index in [4.69, 9.17) is 14.3 Å². The van der Waals surface area contributed by atoms with E-state index in [9.17, 15) is 14.0 Å². The zero-order chi connectivity index (χ0) is 17.1. The normalized spacial score (nSPS) is 20.0. The standard InChI is InChI=1S/C17H16FNO5/c18-12-3-1-10(2-4-12)15-11(7-8-23-15)9-19-16(20)13-5-6-14(24-13)17(21)22/h1-6,11,15H,7-9H2,(H,19,20)(H,21,22)/t11-,15-/m0/s1. The third-order valence-electron chi connectivity index (χ3n) is 3.98. The molecule has 2 aromatic rings. The lowest BCUT2D eigenvalue weighted by atomic mass is 9.95. The number of furan rings is 1. The lowest BCUT2D eigenvalue weighted by Crippen LogP contribution is -2.30. The van der Waals surface area contributed by atoms with Gasteiger partial charge in [0.1, 0.15) is 5.82 Å². The Bertz CT molecular complexity index is 740. The Labute approximate surface area is 137 Å². The van der Waals surface area contributed by atoms with Crippen LogP contribution in [0.1, 0.15) is 39.2 Å². The minimum Gasteiger partial charge on any atom is -0.475 e. The molecule has 0 aliphatic carbocycles. The van der Waals surface area contributed by atoms with Gasteiger partial charge >= 0.3 is 5.97 Å². The Morgan fingerprint density at radius 2 is 1.88 bits per heavy atom. The van der Waals surface area contributed by atoms with Crippen LogP contribution in [0.2, 0.25) is 0 Å². The molecular formula is C17H16FNO5. The molecule has 24 heavy (non-hydrogen) atoms. The minimum atomic E-state index is -1.23. The van der Waals surface area contributed by atoms with Crippen molar-refractivity contribution < 1.29 is 28.2 Å². The van der Waals surface area contributed by atoms with Gasteiger partial charge in [0.05, 0.1) is 6.10 Å². The second kappa shape index (κ2) is 6.84. The molecule has 1 aromatic heterocycles. The number of aromatic carboxylic acids is 1. The van der Waals surface area contributed by atoms with Crippen LogP contribution in [0.15, 0.2) is 40.8 Å². The number of benzene rings is 1. The summed E-state index contributed by atoms with van der Waals surface area (Å²) >= 11 is 0. The van der Waals surface area contributed by atoms with Crippen LogP contribution in [-0.4, -0.2) is 30.1 Å². The van der Waals surface area contributed by atoms with Crippen LogP contribution < -0.4 is 5.32 Å². The molecule has 1 aliphatic heterocycles. The summed E-state index contributed by atoms with van der Waals surface area (Å²) in [5, 5.41) is 11.5. The summed E-state index contributed by atoms with van der Waals surface area (Å²) in [4.78, 5) is 22.8. The molecule has 1 aliphatic rings. The fourth-order valence-electron chi connectivity index (χ4n) is 2.75. The number of hydrogen-bond donors (Lipinski definition) is 2. The molecule has 1 amide bonds. The molecule has 126 valence electrons. The Balaban J connectivity index is 1.61. The van der Waals surface area contributed by atoms with E-state index in [-0.39, 0.29) is 29.4 Å².